The van der Waals surface area contributed by atoms with Crippen molar-refractivity contribution >= 4 is 5.69 Å². The van der Waals surface area contributed by atoms with Gasteiger partial charge in [0.1, 0.15) is 0 Å². The summed E-state index contributed by atoms with van der Waals surface area (Å²) in [5, 5.41) is 10.0. The number of hydrogen-bond acceptors (Lipinski definition) is 3. The minimum atomic E-state index is -0.601. The number of benzene rings is 1. The molecule has 1 heterocycles. The molecule has 1 aromatic carbocycles. The molecule has 2 aromatic rings. The monoisotopic (exact) mass is 214 g/mol. The lowest BCUT2D eigenvalue weighted by molar-refractivity contribution is 0.179. The summed E-state index contributed by atoms with van der Waals surface area (Å²) in [5.74, 6) is 0. The second-order valence-electron chi connectivity index (χ2n) is 3.71. The number of pyridine rings is 1. The van der Waals surface area contributed by atoms with Gasteiger partial charge in [-0.15, -0.1) is 0 Å². The smallest absolute Gasteiger partial charge is 0.0865 e. The minimum absolute atomic E-state index is 0.552. The van der Waals surface area contributed by atoms with Gasteiger partial charge in [-0.1, -0.05) is 30.3 Å². The molecule has 0 bridgehead atoms. The lowest BCUT2D eigenvalue weighted by atomic mass is 10.0. The lowest BCUT2D eigenvalue weighted by Gasteiger charge is -2.12. The van der Waals surface area contributed by atoms with Gasteiger partial charge in [-0.3, -0.25) is 4.98 Å². The SMILES string of the molecule is Nc1ccncc1C(O)Cc1ccccc1. The molecular formula is C13H14N2O. The second-order valence-corrected chi connectivity index (χ2v) is 3.71. The van der Waals surface area contributed by atoms with Gasteiger partial charge in [-0.2, -0.15) is 0 Å². The van der Waals surface area contributed by atoms with Crippen LogP contribution in [0.2, 0.25) is 0 Å². The third kappa shape index (κ3) is 2.38. The number of aliphatic hydroxyl groups excluding tert-OH is 1. The highest BCUT2D eigenvalue weighted by molar-refractivity contribution is 5.46. The molecule has 0 aliphatic rings. The minimum Gasteiger partial charge on any atom is -0.398 e. The maximum atomic E-state index is 10.0. The second kappa shape index (κ2) is 4.77. The normalized spacial score (nSPS) is 12.3. The highest BCUT2D eigenvalue weighted by atomic mass is 16.3. The summed E-state index contributed by atoms with van der Waals surface area (Å²) in [6.07, 6.45) is 3.18. The Morgan fingerprint density at radius 1 is 1.19 bits per heavy atom. The van der Waals surface area contributed by atoms with E-state index in [-0.39, 0.29) is 0 Å². The van der Waals surface area contributed by atoms with E-state index >= 15 is 0 Å². The largest absolute Gasteiger partial charge is 0.398 e. The Kier molecular flexibility index (Phi) is 3.17. The van der Waals surface area contributed by atoms with Crippen molar-refractivity contribution in [3.05, 3.63) is 59.9 Å². The summed E-state index contributed by atoms with van der Waals surface area (Å²) in [4.78, 5) is 3.97. The van der Waals surface area contributed by atoms with E-state index in [1.54, 1.807) is 18.5 Å². The Bertz CT molecular complexity index is 456. The number of nitrogen functional groups attached to an aromatic ring is 1. The quantitative estimate of drug-likeness (QED) is 0.820. The van der Waals surface area contributed by atoms with E-state index in [1.165, 1.54) is 0 Å². The zero-order valence-electron chi connectivity index (χ0n) is 8.88. The number of hydrogen-bond donors (Lipinski definition) is 2. The summed E-state index contributed by atoms with van der Waals surface area (Å²) < 4.78 is 0. The molecule has 0 fully saturated rings. The predicted octanol–water partition coefficient (Wildman–Crippen LogP) is 1.94. The topological polar surface area (TPSA) is 59.1 Å². The van der Waals surface area contributed by atoms with Crippen LogP contribution in [0.3, 0.4) is 0 Å². The van der Waals surface area contributed by atoms with E-state index in [0.717, 1.165) is 5.56 Å². The number of nitrogens with two attached hydrogens (primary N) is 1. The number of rotatable bonds is 3. The Hall–Kier alpha value is -1.87. The van der Waals surface area contributed by atoms with E-state index in [4.69, 9.17) is 5.73 Å². The van der Waals surface area contributed by atoms with E-state index < -0.39 is 6.10 Å². The van der Waals surface area contributed by atoms with Crippen molar-refractivity contribution in [2.24, 2.45) is 0 Å². The van der Waals surface area contributed by atoms with Crippen LogP contribution in [0, 0.1) is 0 Å². The highest BCUT2D eigenvalue weighted by Crippen LogP contribution is 2.22. The standard InChI is InChI=1S/C13H14N2O/c14-12-6-7-15-9-11(12)13(16)8-10-4-2-1-3-5-10/h1-7,9,13,16H,8H2,(H2,14,15). The molecule has 0 saturated carbocycles. The number of nitrogens with zero attached hydrogens (tertiary/aromatic N) is 1. The fourth-order valence-electron chi connectivity index (χ4n) is 1.64. The van der Waals surface area contributed by atoms with Crippen LogP contribution in [-0.4, -0.2) is 10.1 Å². The van der Waals surface area contributed by atoms with Gasteiger partial charge in [0.2, 0.25) is 0 Å². The summed E-state index contributed by atoms with van der Waals surface area (Å²) in [5.41, 5.74) is 8.13. The molecule has 1 aromatic heterocycles. The van der Waals surface area contributed by atoms with Crippen molar-refractivity contribution in [3.63, 3.8) is 0 Å². The maximum absolute atomic E-state index is 10.0. The van der Waals surface area contributed by atoms with Gasteiger partial charge in [0.05, 0.1) is 6.10 Å². The van der Waals surface area contributed by atoms with Gasteiger partial charge in [-0.05, 0) is 11.6 Å². The Balaban J connectivity index is 2.15. The van der Waals surface area contributed by atoms with Crippen LogP contribution >= 0.6 is 0 Å². The maximum Gasteiger partial charge on any atom is 0.0865 e. The number of aromatic nitrogens is 1. The first-order valence-electron chi connectivity index (χ1n) is 5.19. The van der Waals surface area contributed by atoms with Crippen LogP contribution in [0.1, 0.15) is 17.2 Å². The van der Waals surface area contributed by atoms with Crippen LogP contribution in [0.15, 0.2) is 48.8 Å². The predicted molar refractivity (Wildman–Crippen MR) is 63.8 cm³/mol. The molecule has 2 rings (SSSR count). The van der Waals surface area contributed by atoms with Crippen molar-refractivity contribution in [1.82, 2.24) is 4.98 Å². The molecule has 82 valence electrons. The molecule has 0 aliphatic carbocycles. The van der Waals surface area contributed by atoms with Crippen molar-refractivity contribution in [2.45, 2.75) is 12.5 Å². The van der Waals surface area contributed by atoms with E-state index in [0.29, 0.717) is 17.7 Å². The van der Waals surface area contributed by atoms with Gasteiger partial charge >= 0.3 is 0 Å². The van der Waals surface area contributed by atoms with Crippen LogP contribution < -0.4 is 5.73 Å². The molecule has 16 heavy (non-hydrogen) atoms. The molecule has 1 atom stereocenters. The molecule has 0 aliphatic heterocycles. The Morgan fingerprint density at radius 3 is 2.62 bits per heavy atom. The van der Waals surface area contributed by atoms with Gasteiger partial charge in [0.25, 0.3) is 0 Å². The molecule has 0 saturated heterocycles. The highest BCUT2D eigenvalue weighted by Gasteiger charge is 2.11. The van der Waals surface area contributed by atoms with Crippen molar-refractivity contribution in [3.8, 4) is 0 Å². The number of anilines is 1. The molecule has 1 unspecified atom stereocenters. The van der Waals surface area contributed by atoms with Gasteiger partial charge in [0.15, 0.2) is 0 Å². The van der Waals surface area contributed by atoms with Crippen LogP contribution in [0.25, 0.3) is 0 Å². The van der Waals surface area contributed by atoms with E-state index in [2.05, 4.69) is 4.98 Å². The fourth-order valence-corrected chi connectivity index (χ4v) is 1.64. The summed E-state index contributed by atoms with van der Waals surface area (Å²) in [6, 6.07) is 11.5. The first kappa shape index (κ1) is 10.6. The van der Waals surface area contributed by atoms with Gasteiger partial charge in [0, 0.05) is 30.1 Å². The average molecular weight is 214 g/mol. The van der Waals surface area contributed by atoms with Crippen molar-refractivity contribution in [2.75, 3.05) is 5.73 Å². The molecule has 3 nitrogen and oxygen atoms in total. The van der Waals surface area contributed by atoms with E-state index in [9.17, 15) is 5.11 Å². The summed E-state index contributed by atoms with van der Waals surface area (Å²) in [6.45, 7) is 0. The molecule has 3 N–H and O–H groups in total. The van der Waals surface area contributed by atoms with Crippen molar-refractivity contribution < 1.29 is 5.11 Å². The molecule has 3 heteroatoms. The zero-order valence-corrected chi connectivity index (χ0v) is 8.88. The van der Waals surface area contributed by atoms with Gasteiger partial charge < -0.3 is 10.8 Å². The van der Waals surface area contributed by atoms with E-state index in [1.807, 2.05) is 30.3 Å². The first-order valence-corrected chi connectivity index (χ1v) is 5.19. The third-order valence-electron chi connectivity index (χ3n) is 2.52. The fraction of sp³-hybridized carbons (Fsp3) is 0.154. The summed E-state index contributed by atoms with van der Waals surface area (Å²) in [7, 11) is 0. The molecule has 0 spiro atoms. The average Bonchev–Trinajstić information content (AvgIpc) is 2.31. The number of aliphatic hydroxyl groups is 1. The third-order valence-corrected chi connectivity index (χ3v) is 2.52. The van der Waals surface area contributed by atoms with Crippen LogP contribution in [0.4, 0.5) is 5.69 Å². The molecule has 0 amide bonds. The lowest BCUT2D eigenvalue weighted by Crippen LogP contribution is -2.05. The first-order chi connectivity index (χ1) is 7.77. The summed E-state index contributed by atoms with van der Waals surface area (Å²) >= 11 is 0. The van der Waals surface area contributed by atoms with Crippen LogP contribution in [-0.2, 0) is 6.42 Å². The Morgan fingerprint density at radius 2 is 1.94 bits per heavy atom. The van der Waals surface area contributed by atoms with Gasteiger partial charge in [-0.25, -0.2) is 0 Å². The molecule has 0 radical (unpaired) electrons. The van der Waals surface area contributed by atoms with Crippen molar-refractivity contribution in [1.29, 1.82) is 0 Å². The Labute approximate surface area is 94.6 Å². The molecular weight excluding hydrogens is 200 g/mol. The van der Waals surface area contributed by atoms with Crippen LogP contribution in [0.5, 0.6) is 0 Å². The zero-order chi connectivity index (χ0) is 11.4.